The smallest absolute Gasteiger partial charge is 0.186 e. The number of ketones is 2. The largest absolute Gasteiger partial charge is 0.289 e. The molecule has 0 heterocycles. The first-order valence-electron chi connectivity index (χ1n) is 17.0. The van der Waals surface area contributed by atoms with Crippen LogP contribution in [0.3, 0.4) is 0 Å². The van der Waals surface area contributed by atoms with Crippen LogP contribution < -0.4 is 0 Å². The molecule has 6 nitrogen and oxygen atoms in total. The number of benzene rings is 2. The third-order valence-electron chi connectivity index (χ3n) is 8.56. The lowest BCUT2D eigenvalue weighted by Gasteiger charge is -2.31. The topological polar surface area (TPSA) is 83.6 Å². The van der Waals surface area contributed by atoms with Gasteiger partial charge in [0.1, 0.15) is 11.4 Å². The maximum Gasteiger partial charge on any atom is 0.186 e. The maximum atomic E-state index is 13.3. The zero-order valence-electron chi connectivity index (χ0n) is 31.9. The van der Waals surface area contributed by atoms with Gasteiger partial charge in [-0.1, -0.05) is 99.0 Å². The molecule has 0 N–H and O–H groups in total. The zero-order valence-corrected chi connectivity index (χ0v) is 38.2. The zero-order chi connectivity index (χ0) is 39.1. The fourth-order valence-corrected chi connectivity index (χ4v) is 7.97. The number of halogens is 4. The van der Waals surface area contributed by atoms with Gasteiger partial charge in [-0.25, -0.2) is 0 Å². The van der Waals surface area contributed by atoms with E-state index >= 15 is 0 Å². The molecule has 52 heavy (non-hydrogen) atoms. The Balaban J connectivity index is 1.63. The third-order valence-corrected chi connectivity index (χ3v) is 11.1. The molecule has 0 radical (unpaired) electrons. The van der Waals surface area contributed by atoms with Crippen molar-refractivity contribution in [1.82, 2.24) is 0 Å². The van der Waals surface area contributed by atoms with Crippen molar-refractivity contribution in [2.75, 3.05) is 0 Å². The molecule has 2 aromatic rings. The van der Waals surface area contributed by atoms with E-state index in [1.165, 1.54) is 0 Å². The Kier molecular flexibility index (Phi) is 12.6. The molecule has 10 heteroatoms. The summed E-state index contributed by atoms with van der Waals surface area (Å²) in [5, 5.41) is 17.9. The van der Waals surface area contributed by atoms with Crippen LogP contribution in [0.5, 0.6) is 0 Å². The molecule has 0 aliphatic heterocycles. The van der Waals surface area contributed by atoms with Gasteiger partial charge in [0.2, 0.25) is 0 Å². The Bertz CT molecular complexity index is 1990. The number of Topliss-reactive ketones (excluding diaryl/α,β-unsaturated/α-hetero) is 2. The van der Waals surface area contributed by atoms with Crippen molar-refractivity contribution in [2.45, 2.75) is 83.1 Å². The molecule has 0 atom stereocenters. The second-order valence-corrected chi connectivity index (χ2v) is 20.6. The Labute approximate surface area is 342 Å². The third kappa shape index (κ3) is 9.90. The average molecular weight is 958 g/mol. The Morgan fingerprint density at radius 3 is 1.21 bits per heavy atom. The molecule has 2 aromatic carbocycles. The van der Waals surface area contributed by atoms with Gasteiger partial charge >= 0.3 is 0 Å². The predicted molar refractivity (Wildman–Crippen MR) is 228 cm³/mol. The summed E-state index contributed by atoms with van der Waals surface area (Å²) in [6.45, 7) is 24.6. The van der Waals surface area contributed by atoms with Gasteiger partial charge in [-0.05, 0) is 140 Å². The van der Waals surface area contributed by atoms with Gasteiger partial charge < -0.3 is 0 Å². The van der Waals surface area contributed by atoms with E-state index in [-0.39, 0.29) is 33.2 Å². The summed E-state index contributed by atoms with van der Waals surface area (Å²) in [6.07, 6.45) is 11.1. The van der Waals surface area contributed by atoms with Crippen LogP contribution in [0, 0.1) is 21.7 Å². The van der Waals surface area contributed by atoms with E-state index in [4.69, 9.17) is 0 Å². The highest BCUT2D eigenvalue weighted by atomic mass is 79.9. The summed E-state index contributed by atoms with van der Waals surface area (Å²) in [7, 11) is 0. The summed E-state index contributed by atoms with van der Waals surface area (Å²) in [5.41, 5.74) is 6.64. The van der Waals surface area contributed by atoms with Crippen molar-refractivity contribution in [3.63, 3.8) is 0 Å². The lowest BCUT2D eigenvalue weighted by atomic mass is 9.72. The monoisotopic (exact) mass is 954 g/mol. The highest BCUT2D eigenvalue weighted by Gasteiger charge is 2.35. The van der Waals surface area contributed by atoms with Crippen molar-refractivity contribution < 1.29 is 9.59 Å². The first-order valence-corrected chi connectivity index (χ1v) is 20.1. The predicted octanol–water partition coefficient (Wildman–Crippen LogP) is 15.4. The number of carbonyl (C=O) groups excluding carboxylic acids is 2. The molecular formula is C42H46Br4N4O2. The van der Waals surface area contributed by atoms with Crippen LogP contribution in [-0.4, -0.2) is 11.6 Å². The van der Waals surface area contributed by atoms with E-state index in [1.54, 1.807) is 12.4 Å². The lowest BCUT2D eigenvalue weighted by Crippen LogP contribution is -2.27. The van der Waals surface area contributed by atoms with Gasteiger partial charge in [0.15, 0.2) is 11.6 Å². The van der Waals surface area contributed by atoms with E-state index in [0.29, 0.717) is 11.4 Å². The van der Waals surface area contributed by atoms with Gasteiger partial charge in [-0.3, -0.25) is 9.59 Å². The highest BCUT2D eigenvalue weighted by Crippen LogP contribution is 2.44. The molecule has 0 bridgehead atoms. The minimum atomic E-state index is -0.304. The van der Waals surface area contributed by atoms with E-state index < -0.39 is 0 Å². The molecule has 2 aliphatic carbocycles. The SMILES string of the molecule is CC(C)(C)C1=CC(=C/N=N/c2cc(Br)c(-c3cc(Br)c(/N=N/C=C4C=C(C(C)(C)C)C(=O)C(C(C)(C)C)=C4)c(Br)c3)cc2Br)C=C(C(C)(C)C)C1=O. The standard InChI is InChI=1S/C42H46Br4N4O2/c1-39(2,3)27-13-23(14-28(37(27)51)40(4,5)6)21-47-49-35-20-31(43)26(19-32(35)44)25-17-33(45)36(34(46)18-25)50-48-22-24-15-29(41(7,8)9)38(52)30(16-24)42(10,11)12/h13-22H,1-12H3/b49-47+,50-48+. The highest BCUT2D eigenvalue weighted by molar-refractivity contribution is 9.11. The number of hydrogen-bond acceptors (Lipinski definition) is 6. The van der Waals surface area contributed by atoms with Gasteiger partial charge in [0.05, 0.1) is 12.4 Å². The molecule has 274 valence electrons. The number of hydrogen-bond donors (Lipinski definition) is 0. The van der Waals surface area contributed by atoms with Crippen LogP contribution in [0.1, 0.15) is 83.1 Å². The number of rotatable bonds is 5. The minimum Gasteiger partial charge on any atom is -0.289 e. The maximum absolute atomic E-state index is 13.3. The number of nitrogens with zero attached hydrogens (tertiary/aromatic N) is 4. The quantitative estimate of drug-likeness (QED) is 0.280. The van der Waals surface area contributed by atoms with Crippen LogP contribution in [0.15, 0.2) is 133 Å². The van der Waals surface area contributed by atoms with Crippen LogP contribution in [0.2, 0.25) is 0 Å². The Morgan fingerprint density at radius 1 is 0.481 bits per heavy atom. The molecule has 4 rings (SSSR count). The number of azo groups is 2. The summed E-state index contributed by atoms with van der Waals surface area (Å²) < 4.78 is 3.11. The molecule has 0 unspecified atom stereocenters. The summed E-state index contributed by atoms with van der Waals surface area (Å²) in [5.74, 6) is 0.166. The van der Waals surface area contributed by atoms with Crippen molar-refractivity contribution in [3.05, 3.63) is 112 Å². The number of allylic oxidation sites excluding steroid dienone is 10. The van der Waals surface area contributed by atoms with E-state index in [9.17, 15) is 9.59 Å². The molecule has 2 aliphatic rings. The Hall–Kier alpha value is -2.66. The van der Waals surface area contributed by atoms with Crippen molar-refractivity contribution in [1.29, 1.82) is 0 Å². The van der Waals surface area contributed by atoms with Crippen molar-refractivity contribution >= 4 is 86.7 Å². The second kappa shape index (κ2) is 15.6. The number of carbonyl (C=O) groups is 2. The van der Waals surface area contributed by atoms with Crippen LogP contribution >= 0.6 is 63.7 Å². The molecule has 0 fully saturated rings. The fourth-order valence-electron chi connectivity index (χ4n) is 5.64. The first-order chi connectivity index (χ1) is 23.8. The average Bonchev–Trinajstić information content (AvgIpc) is 2.98. The summed E-state index contributed by atoms with van der Waals surface area (Å²) >= 11 is 14.8. The van der Waals surface area contributed by atoms with Gasteiger partial charge in [0.25, 0.3) is 0 Å². The molecule has 0 saturated heterocycles. The van der Waals surface area contributed by atoms with Crippen LogP contribution in [0.4, 0.5) is 11.4 Å². The van der Waals surface area contributed by atoms with Crippen LogP contribution in [-0.2, 0) is 9.59 Å². The molecule has 0 saturated carbocycles. The molecule has 0 amide bonds. The Morgan fingerprint density at radius 2 is 0.846 bits per heavy atom. The molecular weight excluding hydrogens is 912 g/mol. The van der Waals surface area contributed by atoms with E-state index in [2.05, 4.69) is 84.2 Å². The first kappa shape index (κ1) is 42.1. The van der Waals surface area contributed by atoms with Gasteiger partial charge in [-0.2, -0.15) is 10.2 Å². The minimum absolute atomic E-state index is 0.0823. The van der Waals surface area contributed by atoms with E-state index in [1.807, 2.05) is 132 Å². The van der Waals surface area contributed by atoms with Gasteiger partial charge in [-0.15, -0.1) is 10.2 Å². The molecule has 0 spiro atoms. The summed E-state index contributed by atoms with van der Waals surface area (Å²) in [6, 6.07) is 7.87. The summed E-state index contributed by atoms with van der Waals surface area (Å²) in [4.78, 5) is 26.6. The fraction of sp³-hybridized carbons (Fsp3) is 0.381. The van der Waals surface area contributed by atoms with Crippen molar-refractivity contribution in [3.8, 4) is 11.1 Å². The normalized spacial score (nSPS) is 16.4. The lowest BCUT2D eigenvalue weighted by molar-refractivity contribution is -0.114. The van der Waals surface area contributed by atoms with E-state index in [0.717, 1.165) is 62.5 Å². The van der Waals surface area contributed by atoms with Crippen molar-refractivity contribution in [2.24, 2.45) is 42.1 Å². The van der Waals surface area contributed by atoms with Crippen LogP contribution in [0.25, 0.3) is 11.1 Å². The van der Waals surface area contributed by atoms with Gasteiger partial charge in [0, 0.05) is 40.2 Å². The molecule has 0 aromatic heterocycles. The second-order valence-electron chi connectivity index (χ2n) is 17.2.